The van der Waals surface area contributed by atoms with E-state index in [1.54, 1.807) is 37.3 Å². The van der Waals surface area contributed by atoms with Crippen LogP contribution in [0.15, 0.2) is 121 Å². The topological polar surface area (TPSA) is 233 Å². The zero-order valence-electron chi connectivity index (χ0n) is 43.9. The number of hydrogen-bond donors (Lipinski definition) is 3. The number of benzene rings is 4. The van der Waals surface area contributed by atoms with Gasteiger partial charge in [-0.1, -0.05) is 87.4 Å². The van der Waals surface area contributed by atoms with Gasteiger partial charge in [0.05, 0.1) is 17.1 Å². The van der Waals surface area contributed by atoms with Crippen LogP contribution in [0.2, 0.25) is 0 Å². The predicted octanol–water partition coefficient (Wildman–Crippen LogP) is 9.81. The summed E-state index contributed by atoms with van der Waals surface area (Å²) < 4.78 is 26.6. The van der Waals surface area contributed by atoms with Crippen molar-refractivity contribution in [3.8, 4) is 33.8 Å². The molecule has 0 atom stereocenters. The third-order valence-electron chi connectivity index (χ3n) is 13.3. The van der Waals surface area contributed by atoms with Gasteiger partial charge in [-0.05, 0) is 118 Å². The lowest BCUT2D eigenvalue weighted by atomic mass is 9.89. The number of nitrogens with two attached hydrogens (primary N) is 3. The highest BCUT2D eigenvalue weighted by atomic mass is 19.1. The average Bonchev–Trinajstić information content (AvgIpc) is 3.46. The van der Waals surface area contributed by atoms with E-state index in [1.807, 2.05) is 65.6 Å². The van der Waals surface area contributed by atoms with Crippen molar-refractivity contribution in [2.75, 3.05) is 54.0 Å². The molecular weight excluding hydrogens is 979 g/mol. The SMILES string of the molecule is CCCCN(CCCC)c1nc(C(N)=O)cc(-c2ccccc2)n1.Cc1cc(-c2cc(C(N)=O)nc(N3CCCCC3)n2)ccc1F.NC(=O)c1cc(-c2ccccc2)nc(N2CCC(C(=O)c3ccc(F)cc3)CC2)n1. The number of carbonyl (C=O) groups excluding carboxylic acids is 4. The number of primary amides is 3. The number of ketones is 1. The van der Waals surface area contributed by atoms with Gasteiger partial charge in [-0.2, -0.15) is 0 Å². The number of carbonyl (C=O) groups is 4. The maximum Gasteiger partial charge on any atom is 0.267 e. The number of amides is 3. The van der Waals surface area contributed by atoms with Crippen LogP contribution in [0, 0.1) is 24.5 Å². The van der Waals surface area contributed by atoms with Gasteiger partial charge in [-0.25, -0.2) is 38.7 Å². The molecule has 16 nitrogen and oxygen atoms in total. The smallest absolute Gasteiger partial charge is 0.267 e. The summed E-state index contributed by atoms with van der Waals surface area (Å²) in [6.45, 7) is 10.7. The summed E-state index contributed by atoms with van der Waals surface area (Å²) >= 11 is 0. The van der Waals surface area contributed by atoms with Crippen LogP contribution in [0.4, 0.5) is 26.6 Å². The number of Topliss-reactive ketones (excluding diaryl/α,β-unsaturated/α-hetero) is 1. The zero-order valence-corrected chi connectivity index (χ0v) is 43.9. The van der Waals surface area contributed by atoms with E-state index >= 15 is 0 Å². The first kappa shape index (κ1) is 56.2. The Hall–Kier alpha value is -8.54. The van der Waals surface area contributed by atoms with Crippen LogP contribution in [0.3, 0.4) is 0 Å². The van der Waals surface area contributed by atoms with Gasteiger partial charge in [-0.3, -0.25) is 19.2 Å². The molecule has 0 radical (unpaired) electrons. The van der Waals surface area contributed by atoms with Crippen LogP contribution in [-0.2, 0) is 0 Å². The van der Waals surface area contributed by atoms with Gasteiger partial charge in [-0.15, -0.1) is 0 Å². The second kappa shape index (κ2) is 27.3. The normalized spacial score (nSPS) is 13.4. The number of rotatable bonds is 17. The van der Waals surface area contributed by atoms with E-state index in [0.29, 0.717) is 66.3 Å². The molecule has 3 aromatic heterocycles. The molecule has 0 bridgehead atoms. The largest absolute Gasteiger partial charge is 0.364 e. The lowest BCUT2D eigenvalue weighted by Crippen LogP contribution is -2.37. The molecule has 2 saturated heterocycles. The summed E-state index contributed by atoms with van der Waals surface area (Å²) in [6, 6.07) is 34.5. The van der Waals surface area contributed by atoms with Crippen LogP contribution in [0.25, 0.3) is 33.8 Å². The van der Waals surface area contributed by atoms with Gasteiger partial charge in [0.25, 0.3) is 17.7 Å². The van der Waals surface area contributed by atoms with E-state index in [9.17, 15) is 28.0 Å². The van der Waals surface area contributed by atoms with Crippen LogP contribution in [0.5, 0.6) is 0 Å². The number of aromatic nitrogens is 6. The molecular formula is C59H66F2N12O4. The predicted molar refractivity (Wildman–Crippen MR) is 296 cm³/mol. The van der Waals surface area contributed by atoms with Crippen molar-refractivity contribution in [1.82, 2.24) is 29.9 Å². The minimum atomic E-state index is -0.614. The fraction of sp³-hybridized carbons (Fsp3) is 0.322. The van der Waals surface area contributed by atoms with E-state index in [0.717, 1.165) is 87.1 Å². The summed E-state index contributed by atoms with van der Waals surface area (Å²) in [4.78, 5) is 80.9. The summed E-state index contributed by atoms with van der Waals surface area (Å²) in [5.41, 5.74) is 22.5. The molecule has 0 spiro atoms. The minimum absolute atomic E-state index is 0.0198. The van der Waals surface area contributed by atoms with E-state index in [2.05, 4.69) is 48.6 Å². The van der Waals surface area contributed by atoms with E-state index in [-0.39, 0.29) is 40.4 Å². The van der Waals surface area contributed by atoms with Gasteiger partial charge >= 0.3 is 0 Å². The highest BCUT2D eigenvalue weighted by Gasteiger charge is 2.28. The van der Waals surface area contributed by atoms with Crippen molar-refractivity contribution < 1.29 is 28.0 Å². The fourth-order valence-corrected chi connectivity index (χ4v) is 8.87. The van der Waals surface area contributed by atoms with Crippen molar-refractivity contribution >= 4 is 41.3 Å². The average molecular weight is 1050 g/mol. The molecule has 4 aromatic carbocycles. The first-order chi connectivity index (χ1) is 37.2. The monoisotopic (exact) mass is 1040 g/mol. The Balaban J connectivity index is 0.000000170. The Labute approximate surface area is 448 Å². The van der Waals surface area contributed by atoms with Crippen LogP contribution < -0.4 is 31.9 Å². The second-order valence-corrected chi connectivity index (χ2v) is 19.0. The highest BCUT2D eigenvalue weighted by Crippen LogP contribution is 2.28. The van der Waals surface area contributed by atoms with Crippen LogP contribution in [0.1, 0.15) is 119 Å². The van der Waals surface area contributed by atoms with Gasteiger partial charge in [0.2, 0.25) is 17.8 Å². The van der Waals surface area contributed by atoms with Gasteiger partial charge in [0.15, 0.2) is 5.78 Å². The van der Waals surface area contributed by atoms with Crippen molar-refractivity contribution in [2.45, 2.75) is 78.6 Å². The fourth-order valence-electron chi connectivity index (χ4n) is 8.87. The molecule has 0 unspecified atom stereocenters. The molecule has 3 amide bonds. The number of nitrogens with zero attached hydrogens (tertiary/aromatic N) is 9. The van der Waals surface area contributed by atoms with Crippen LogP contribution >= 0.6 is 0 Å². The molecule has 2 aliphatic rings. The number of halogens is 2. The molecule has 2 aliphatic heterocycles. The van der Waals surface area contributed by atoms with E-state index in [1.165, 1.54) is 36.8 Å². The summed E-state index contributed by atoms with van der Waals surface area (Å²) in [6.07, 6.45) is 8.93. The Kier molecular flexibility index (Phi) is 19.9. The first-order valence-corrected chi connectivity index (χ1v) is 26.2. The van der Waals surface area contributed by atoms with Gasteiger partial charge in [0, 0.05) is 67.4 Å². The Morgan fingerprint density at radius 1 is 0.545 bits per heavy atom. The molecule has 77 heavy (non-hydrogen) atoms. The number of hydrogen-bond acceptors (Lipinski definition) is 13. The number of aryl methyl sites for hydroxylation is 1. The molecule has 6 N–H and O–H groups in total. The summed E-state index contributed by atoms with van der Waals surface area (Å²) in [5, 5.41) is 0. The van der Waals surface area contributed by atoms with E-state index < -0.39 is 17.7 Å². The molecule has 18 heteroatoms. The minimum Gasteiger partial charge on any atom is -0.364 e. The molecule has 0 aliphatic carbocycles. The third kappa shape index (κ3) is 15.5. The molecule has 0 saturated carbocycles. The summed E-state index contributed by atoms with van der Waals surface area (Å²) in [7, 11) is 0. The molecule has 400 valence electrons. The van der Waals surface area contributed by atoms with Crippen molar-refractivity contribution in [1.29, 1.82) is 0 Å². The summed E-state index contributed by atoms with van der Waals surface area (Å²) in [5.74, 6) is -0.949. The lowest BCUT2D eigenvalue weighted by molar-refractivity contribution is 0.0899. The Morgan fingerprint density at radius 3 is 1.49 bits per heavy atom. The standard InChI is InChI=1S/C23H21FN4O2.C19H26N4O.C17H19FN4O/c24-18-8-6-16(7-9-18)21(29)17-10-12-28(13-11-17)23-26-19(14-20(27-23)22(25)30)15-4-2-1-3-5-15;1-3-5-12-23(13-6-4-2)19-21-16(14-17(22-19)18(20)24)15-10-8-7-9-11-15;1-11-9-12(5-6-13(11)18)14-10-15(16(19)23)21-17(20-14)22-7-3-2-4-8-22/h1-9,14,17H,10-13H2,(H2,25,30);7-11,14H,3-6,12-13H2,1-2H3,(H2,20,24);5-6,9-10H,2-4,7-8H2,1H3,(H2,19,23). The van der Waals surface area contributed by atoms with Crippen molar-refractivity contribution in [3.05, 3.63) is 161 Å². The quantitative estimate of drug-likeness (QED) is 0.0722. The third-order valence-corrected chi connectivity index (χ3v) is 13.3. The van der Waals surface area contributed by atoms with Crippen LogP contribution in [-0.4, -0.2) is 92.7 Å². The maximum absolute atomic E-state index is 13.5. The lowest BCUT2D eigenvalue weighted by Gasteiger charge is -2.31. The van der Waals surface area contributed by atoms with Crippen molar-refractivity contribution in [2.24, 2.45) is 23.1 Å². The molecule has 7 aromatic rings. The van der Waals surface area contributed by atoms with Gasteiger partial charge < -0.3 is 31.9 Å². The first-order valence-electron chi connectivity index (χ1n) is 26.2. The number of unbranched alkanes of at least 4 members (excludes halogenated alkanes) is 2. The Morgan fingerprint density at radius 2 is 1.01 bits per heavy atom. The molecule has 5 heterocycles. The van der Waals surface area contributed by atoms with Crippen molar-refractivity contribution in [3.63, 3.8) is 0 Å². The zero-order chi connectivity index (χ0) is 54.8. The Bertz CT molecular complexity index is 3110. The number of piperidine rings is 2. The molecule has 9 rings (SSSR count). The maximum atomic E-state index is 13.5. The number of anilines is 3. The highest BCUT2D eigenvalue weighted by molar-refractivity contribution is 5.98. The van der Waals surface area contributed by atoms with Gasteiger partial charge in [0.1, 0.15) is 28.7 Å². The second-order valence-electron chi connectivity index (χ2n) is 19.0. The van der Waals surface area contributed by atoms with E-state index in [4.69, 9.17) is 22.2 Å². The molecule has 2 fully saturated rings.